The highest BCUT2D eigenvalue weighted by Crippen LogP contribution is 2.31. The van der Waals surface area contributed by atoms with Crippen LogP contribution in [0.5, 0.6) is 5.75 Å². The SMILES string of the molecule is CC1CC(CN)CN1C(=O)CCN1C(=O)COc2ccccc21.Cl. The van der Waals surface area contributed by atoms with Crippen LogP contribution >= 0.6 is 12.4 Å². The molecule has 1 fully saturated rings. The van der Waals surface area contributed by atoms with Gasteiger partial charge in [0, 0.05) is 25.6 Å². The van der Waals surface area contributed by atoms with E-state index in [2.05, 4.69) is 6.92 Å². The number of likely N-dealkylation sites (tertiary alicyclic amines) is 1. The van der Waals surface area contributed by atoms with Crippen LogP contribution in [0.1, 0.15) is 19.8 Å². The molecule has 0 bridgehead atoms. The Morgan fingerprint density at radius 2 is 2.12 bits per heavy atom. The molecule has 2 amide bonds. The van der Waals surface area contributed by atoms with Gasteiger partial charge in [-0.3, -0.25) is 9.59 Å². The van der Waals surface area contributed by atoms with Crippen molar-refractivity contribution < 1.29 is 14.3 Å². The second-order valence-corrected chi connectivity index (χ2v) is 6.28. The summed E-state index contributed by atoms with van der Waals surface area (Å²) < 4.78 is 5.42. The zero-order valence-corrected chi connectivity index (χ0v) is 14.6. The van der Waals surface area contributed by atoms with Gasteiger partial charge in [-0.25, -0.2) is 0 Å². The van der Waals surface area contributed by atoms with E-state index in [1.54, 1.807) is 4.90 Å². The first-order chi connectivity index (χ1) is 11.1. The molecule has 3 rings (SSSR count). The lowest BCUT2D eigenvalue weighted by molar-refractivity contribution is -0.131. The number of nitrogens with zero attached hydrogens (tertiary/aromatic N) is 2. The predicted octanol–water partition coefficient (Wildman–Crippen LogP) is 1.42. The summed E-state index contributed by atoms with van der Waals surface area (Å²) in [6.45, 7) is 3.81. The number of halogens is 1. The van der Waals surface area contributed by atoms with E-state index in [9.17, 15) is 9.59 Å². The third kappa shape index (κ3) is 3.65. The summed E-state index contributed by atoms with van der Waals surface area (Å²) in [5, 5.41) is 0. The van der Waals surface area contributed by atoms with Crippen LogP contribution in [0.25, 0.3) is 0 Å². The Labute approximate surface area is 148 Å². The fourth-order valence-corrected chi connectivity index (χ4v) is 3.41. The van der Waals surface area contributed by atoms with Crippen LogP contribution < -0.4 is 15.4 Å². The maximum absolute atomic E-state index is 12.5. The number of anilines is 1. The van der Waals surface area contributed by atoms with E-state index in [1.165, 1.54) is 0 Å². The van der Waals surface area contributed by atoms with Crippen molar-refractivity contribution in [3.05, 3.63) is 24.3 Å². The van der Waals surface area contributed by atoms with Gasteiger partial charge in [0.15, 0.2) is 6.61 Å². The first-order valence-electron chi connectivity index (χ1n) is 8.12. The molecule has 2 aliphatic rings. The fraction of sp³-hybridized carbons (Fsp3) is 0.529. The Balaban J connectivity index is 0.00000208. The summed E-state index contributed by atoms with van der Waals surface area (Å²) in [6, 6.07) is 7.65. The lowest BCUT2D eigenvalue weighted by Gasteiger charge is -2.30. The molecule has 1 aromatic rings. The summed E-state index contributed by atoms with van der Waals surface area (Å²) >= 11 is 0. The van der Waals surface area contributed by atoms with Crippen molar-refractivity contribution >= 4 is 29.9 Å². The topological polar surface area (TPSA) is 75.9 Å². The van der Waals surface area contributed by atoms with E-state index < -0.39 is 0 Å². The van der Waals surface area contributed by atoms with Crippen LogP contribution in [0.4, 0.5) is 5.69 Å². The minimum absolute atomic E-state index is 0. The van der Waals surface area contributed by atoms with Crippen molar-refractivity contribution in [2.75, 3.05) is 31.1 Å². The maximum Gasteiger partial charge on any atom is 0.265 e. The minimum Gasteiger partial charge on any atom is -0.482 e. The van der Waals surface area contributed by atoms with Gasteiger partial charge in [0.2, 0.25) is 5.91 Å². The zero-order valence-electron chi connectivity index (χ0n) is 13.8. The predicted molar refractivity (Wildman–Crippen MR) is 94.5 cm³/mol. The molecule has 0 saturated carbocycles. The van der Waals surface area contributed by atoms with Crippen LogP contribution in [-0.4, -0.2) is 49.0 Å². The molecule has 0 aliphatic carbocycles. The fourth-order valence-electron chi connectivity index (χ4n) is 3.41. The number of benzene rings is 1. The van der Waals surface area contributed by atoms with E-state index in [-0.39, 0.29) is 36.9 Å². The first-order valence-corrected chi connectivity index (χ1v) is 8.12. The monoisotopic (exact) mass is 353 g/mol. The number of nitrogens with two attached hydrogens (primary N) is 1. The summed E-state index contributed by atoms with van der Waals surface area (Å²) in [7, 11) is 0. The number of fused-ring (bicyclic) bond motifs is 1. The molecule has 2 atom stereocenters. The van der Waals surface area contributed by atoms with Gasteiger partial charge in [-0.05, 0) is 37.9 Å². The highest BCUT2D eigenvalue weighted by atomic mass is 35.5. The van der Waals surface area contributed by atoms with Crippen LogP contribution in [0.15, 0.2) is 24.3 Å². The minimum atomic E-state index is -0.106. The highest BCUT2D eigenvalue weighted by Gasteiger charge is 2.32. The number of hydrogen-bond donors (Lipinski definition) is 1. The molecule has 2 aliphatic heterocycles. The van der Waals surface area contributed by atoms with Gasteiger partial charge in [0.1, 0.15) is 5.75 Å². The molecule has 2 heterocycles. The molecule has 1 saturated heterocycles. The van der Waals surface area contributed by atoms with E-state index in [1.807, 2.05) is 29.2 Å². The molecule has 1 aromatic carbocycles. The second-order valence-electron chi connectivity index (χ2n) is 6.28. The molecule has 7 heteroatoms. The van der Waals surface area contributed by atoms with Gasteiger partial charge in [-0.1, -0.05) is 12.1 Å². The molecule has 0 aromatic heterocycles. The second kappa shape index (κ2) is 7.85. The van der Waals surface area contributed by atoms with E-state index in [0.29, 0.717) is 31.2 Å². The molecule has 2 N–H and O–H groups in total. The number of rotatable bonds is 4. The zero-order chi connectivity index (χ0) is 16.4. The van der Waals surface area contributed by atoms with Gasteiger partial charge >= 0.3 is 0 Å². The highest BCUT2D eigenvalue weighted by molar-refractivity contribution is 5.98. The number of ether oxygens (including phenoxy) is 1. The molecule has 6 nitrogen and oxygen atoms in total. The van der Waals surface area contributed by atoms with Crippen molar-refractivity contribution in [3.8, 4) is 5.75 Å². The summed E-state index contributed by atoms with van der Waals surface area (Å²) in [5.41, 5.74) is 6.46. The van der Waals surface area contributed by atoms with Crippen LogP contribution in [-0.2, 0) is 9.59 Å². The maximum atomic E-state index is 12.5. The molecular formula is C17H24ClN3O3. The molecule has 0 radical (unpaired) electrons. The van der Waals surface area contributed by atoms with Gasteiger partial charge in [0.25, 0.3) is 5.91 Å². The Morgan fingerprint density at radius 3 is 2.83 bits per heavy atom. The Morgan fingerprint density at radius 1 is 1.38 bits per heavy atom. The third-order valence-electron chi connectivity index (χ3n) is 4.67. The average molecular weight is 354 g/mol. The number of carbonyl (C=O) groups is 2. The van der Waals surface area contributed by atoms with Crippen molar-refractivity contribution in [2.45, 2.75) is 25.8 Å². The molecule has 2 unspecified atom stereocenters. The lowest BCUT2D eigenvalue weighted by Crippen LogP contribution is -2.42. The van der Waals surface area contributed by atoms with E-state index >= 15 is 0 Å². The van der Waals surface area contributed by atoms with Crippen LogP contribution in [0.3, 0.4) is 0 Å². The normalized spacial score (nSPS) is 22.7. The number of amides is 2. The Bertz CT molecular complexity index is 610. The van der Waals surface area contributed by atoms with E-state index in [0.717, 1.165) is 18.7 Å². The Kier molecular flexibility index (Phi) is 6.07. The largest absolute Gasteiger partial charge is 0.482 e. The number of carbonyl (C=O) groups excluding carboxylic acids is 2. The molecule has 132 valence electrons. The number of para-hydroxylation sites is 2. The molecule has 24 heavy (non-hydrogen) atoms. The van der Waals surface area contributed by atoms with Gasteiger partial charge in [-0.15, -0.1) is 12.4 Å². The first kappa shape index (κ1) is 18.5. The van der Waals surface area contributed by atoms with Crippen molar-refractivity contribution in [1.82, 2.24) is 4.90 Å². The van der Waals surface area contributed by atoms with Crippen LogP contribution in [0, 0.1) is 5.92 Å². The summed E-state index contributed by atoms with van der Waals surface area (Å²) in [6.07, 6.45) is 1.28. The third-order valence-corrected chi connectivity index (χ3v) is 4.67. The van der Waals surface area contributed by atoms with Crippen LogP contribution in [0.2, 0.25) is 0 Å². The lowest BCUT2D eigenvalue weighted by atomic mass is 10.1. The van der Waals surface area contributed by atoms with Gasteiger partial charge in [-0.2, -0.15) is 0 Å². The summed E-state index contributed by atoms with van der Waals surface area (Å²) in [4.78, 5) is 28.2. The summed E-state index contributed by atoms with van der Waals surface area (Å²) in [5.74, 6) is 1.06. The quantitative estimate of drug-likeness (QED) is 0.888. The van der Waals surface area contributed by atoms with Crippen molar-refractivity contribution in [2.24, 2.45) is 11.7 Å². The standard InChI is InChI=1S/C17H23N3O3.ClH/c1-12-8-13(9-18)10-20(12)16(21)6-7-19-14-4-2-3-5-15(14)23-11-17(19)22;/h2-5,12-13H,6-11,18H2,1H3;1H. The van der Waals surface area contributed by atoms with Gasteiger partial charge in [0.05, 0.1) is 5.69 Å². The smallest absolute Gasteiger partial charge is 0.265 e. The van der Waals surface area contributed by atoms with Gasteiger partial charge < -0.3 is 20.3 Å². The number of hydrogen-bond acceptors (Lipinski definition) is 4. The van der Waals surface area contributed by atoms with E-state index in [4.69, 9.17) is 10.5 Å². The molecular weight excluding hydrogens is 330 g/mol. The van der Waals surface area contributed by atoms with Crippen molar-refractivity contribution in [3.63, 3.8) is 0 Å². The molecule has 0 spiro atoms. The average Bonchev–Trinajstić information content (AvgIpc) is 2.95. The Hall–Kier alpha value is -1.79. The van der Waals surface area contributed by atoms with Crippen molar-refractivity contribution in [1.29, 1.82) is 0 Å².